The molecule has 0 unspecified atom stereocenters. The molecule has 0 atom stereocenters. The number of nitrogens with zero attached hydrogens (tertiary/aromatic N) is 1. The van der Waals surface area contributed by atoms with Gasteiger partial charge >= 0.3 is 5.97 Å². The maximum absolute atomic E-state index is 12.5. The van der Waals surface area contributed by atoms with Crippen LogP contribution in [-0.2, 0) is 11.8 Å². The van der Waals surface area contributed by atoms with E-state index in [0.717, 1.165) is 32.6 Å². The molecule has 0 bridgehead atoms. The van der Waals surface area contributed by atoms with Crippen molar-refractivity contribution < 1.29 is 9.53 Å². The molecular formula is C20H17NO2. The number of fused-ring (bicyclic) bond motifs is 5. The first-order valence-electron chi connectivity index (χ1n) is 7.78. The standard InChI is InChI=1S/C20H17NO2/c1-3-23-20(22)16-12-13-8-4-5-9-14(13)19-18(16)15-10-6-7-11-17(15)21(19)2/h4-12H,3H2,1-2H3. The number of carbonyl (C=O) groups excluding carboxylic acids is 1. The highest BCUT2D eigenvalue weighted by Crippen LogP contribution is 2.36. The lowest BCUT2D eigenvalue weighted by atomic mass is 10.00. The van der Waals surface area contributed by atoms with Gasteiger partial charge in [-0.05, 0) is 24.4 Å². The van der Waals surface area contributed by atoms with E-state index in [4.69, 9.17) is 4.74 Å². The van der Waals surface area contributed by atoms with Gasteiger partial charge in [-0.1, -0.05) is 42.5 Å². The first-order valence-corrected chi connectivity index (χ1v) is 7.78. The van der Waals surface area contributed by atoms with Gasteiger partial charge in [-0.3, -0.25) is 0 Å². The molecule has 0 aliphatic carbocycles. The smallest absolute Gasteiger partial charge is 0.338 e. The molecule has 0 aliphatic heterocycles. The van der Waals surface area contributed by atoms with E-state index in [1.54, 1.807) is 0 Å². The van der Waals surface area contributed by atoms with E-state index in [1.165, 1.54) is 0 Å². The average Bonchev–Trinajstić information content (AvgIpc) is 2.88. The summed E-state index contributed by atoms with van der Waals surface area (Å²) in [6, 6.07) is 18.3. The highest BCUT2D eigenvalue weighted by molar-refractivity contribution is 6.24. The van der Waals surface area contributed by atoms with Gasteiger partial charge in [0.15, 0.2) is 0 Å². The van der Waals surface area contributed by atoms with Crippen molar-refractivity contribution >= 4 is 38.5 Å². The van der Waals surface area contributed by atoms with Crippen molar-refractivity contribution in [2.75, 3.05) is 6.61 Å². The summed E-state index contributed by atoms with van der Waals surface area (Å²) in [4.78, 5) is 12.5. The highest BCUT2D eigenvalue weighted by atomic mass is 16.5. The second-order valence-electron chi connectivity index (χ2n) is 5.67. The quantitative estimate of drug-likeness (QED) is 0.504. The Morgan fingerprint density at radius 3 is 2.52 bits per heavy atom. The number of hydrogen-bond donors (Lipinski definition) is 0. The van der Waals surface area contributed by atoms with E-state index in [0.29, 0.717) is 12.2 Å². The zero-order chi connectivity index (χ0) is 16.0. The van der Waals surface area contributed by atoms with Crippen molar-refractivity contribution in [1.29, 1.82) is 0 Å². The van der Waals surface area contributed by atoms with Crippen molar-refractivity contribution in [3.8, 4) is 0 Å². The largest absolute Gasteiger partial charge is 0.462 e. The van der Waals surface area contributed by atoms with Crippen molar-refractivity contribution in [2.24, 2.45) is 7.05 Å². The van der Waals surface area contributed by atoms with Gasteiger partial charge in [-0.15, -0.1) is 0 Å². The number of benzene rings is 3. The van der Waals surface area contributed by atoms with E-state index in [1.807, 2.05) is 50.4 Å². The molecule has 4 rings (SSSR count). The van der Waals surface area contributed by atoms with E-state index < -0.39 is 0 Å². The van der Waals surface area contributed by atoms with Gasteiger partial charge in [0.25, 0.3) is 0 Å². The molecule has 0 spiro atoms. The molecule has 3 aromatic carbocycles. The van der Waals surface area contributed by atoms with Gasteiger partial charge in [-0.25, -0.2) is 4.79 Å². The maximum atomic E-state index is 12.5. The molecule has 1 aromatic heterocycles. The fourth-order valence-corrected chi connectivity index (χ4v) is 3.42. The van der Waals surface area contributed by atoms with Gasteiger partial charge in [0.1, 0.15) is 0 Å². The predicted molar refractivity (Wildman–Crippen MR) is 93.9 cm³/mol. The van der Waals surface area contributed by atoms with Crippen molar-refractivity contribution in [3.63, 3.8) is 0 Å². The molecular weight excluding hydrogens is 286 g/mol. The van der Waals surface area contributed by atoms with Gasteiger partial charge in [0, 0.05) is 28.7 Å². The summed E-state index contributed by atoms with van der Waals surface area (Å²) >= 11 is 0. The van der Waals surface area contributed by atoms with Crippen molar-refractivity contribution in [1.82, 2.24) is 4.57 Å². The Kier molecular flexibility index (Phi) is 3.08. The number of carbonyl (C=O) groups is 1. The van der Waals surface area contributed by atoms with Crippen molar-refractivity contribution in [3.05, 3.63) is 60.2 Å². The van der Waals surface area contributed by atoms with Gasteiger partial charge in [0.05, 0.1) is 17.7 Å². The van der Waals surface area contributed by atoms with Crippen LogP contribution in [-0.4, -0.2) is 17.1 Å². The third-order valence-corrected chi connectivity index (χ3v) is 4.39. The Balaban J connectivity index is 2.27. The topological polar surface area (TPSA) is 31.2 Å². The highest BCUT2D eigenvalue weighted by Gasteiger charge is 2.19. The summed E-state index contributed by atoms with van der Waals surface area (Å²) in [5.41, 5.74) is 2.83. The predicted octanol–water partition coefficient (Wildman–Crippen LogP) is 4.66. The average molecular weight is 303 g/mol. The van der Waals surface area contributed by atoms with E-state index in [-0.39, 0.29) is 5.97 Å². The van der Waals surface area contributed by atoms with Crippen LogP contribution in [0.5, 0.6) is 0 Å². The summed E-state index contributed by atoms with van der Waals surface area (Å²) in [6.07, 6.45) is 0. The van der Waals surface area contributed by atoms with Gasteiger partial charge in [-0.2, -0.15) is 0 Å². The van der Waals surface area contributed by atoms with E-state index in [2.05, 4.69) is 22.8 Å². The third kappa shape index (κ3) is 1.93. The molecule has 0 N–H and O–H groups in total. The lowest BCUT2D eigenvalue weighted by Crippen LogP contribution is -2.05. The number of para-hydroxylation sites is 1. The van der Waals surface area contributed by atoms with Crippen LogP contribution in [0.4, 0.5) is 0 Å². The number of aryl methyl sites for hydroxylation is 1. The summed E-state index contributed by atoms with van der Waals surface area (Å²) in [5, 5.41) is 4.25. The number of esters is 1. The van der Waals surface area contributed by atoms with Crippen LogP contribution in [0, 0.1) is 0 Å². The normalized spacial score (nSPS) is 11.4. The number of ether oxygens (including phenoxy) is 1. The van der Waals surface area contributed by atoms with Gasteiger partial charge < -0.3 is 9.30 Å². The van der Waals surface area contributed by atoms with E-state index in [9.17, 15) is 4.79 Å². The number of rotatable bonds is 2. The second kappa shape index (κ2) is 5.13. The first-order chi connectivity index (χ1) is 11.2. The summed E-state index contributed by atoms with van der Waals surface area (Å²) < 4.78 is 7.46. The minimum absolute atomic E-state index is 0.264. The zero-order valence-corrected chi connectivity index (χ0v) is 13.2. The fourth-order valence-electron chi connectivity index (χ4n) is 3.42. The van der Waals surface area contributed by atoms with Gasteiger partial charge in [0.2, 0.25) is 0 Å². The van der Waals surface area contributed by atoms with Crippen LogP contribution >= 0.6 is 0 Å². The molecule has 1 heterocycles. The molecule has 3 nitrogen and oxygen atoms in total. The molecule has 0 amide bonds. The summed E-state index contributed by atoms with van der Waals surface area (Å²) in [7, 11) is 2.05. The van der Waals surface area contributed by atoms with Crippen LogP contribution in [0.2, 0.25) is 0 Å². The molecule has 23 heavy (non-hydrogen) atoms. The Morgan fingerprint density at radius 1 is 1.04 bits per heavy atom. The number of aromatic nitrogens is 1. The first kappa shape index (κ1) is 13.8. The van der Waals surface area contributed by atoms with Crippen LogP contribution in [0.25, 0.3) is 32.6 Å². The molecule has 0 saturated heterocycles. The maximum Gasteiger partial charge on any atom is 0.338 e. The Hall–Kier alpha value is -2.81. The van der Waals surface area contributed by atoms with Crippen LogP contribution in [0.1, 0.15) is 17.3 Å². The summed E-state index contributed by atoms with van der Waals surface area (Å²) in [6.45, 7) is 2.21. The lowest BCUT2D eigenvalue weighted by molar-refractivity contribution is 0.0529. The molecule has 3 heteroatoms. The van der Waals surface area contributed by atoms with Crippen LogP contribution < -0.4 is 0 Å². The summed E-state index contributed by atoms with van der Waals surface area (Å²) in [5.74, 6) is -0.264. The fraction of sp³-hybridized carbons (Fsp3) is 0.150. The minimum Gasteiger partial charge on any atom is -0.462 e. The third-order valence-electron chi connectivity index (χ3n) is 4.39. The molecule has 114 valence electrons. The second-order valence-corrected chi connectivity index (χ2v) is 5.67. The number of hydrogen-bond acceptors (Lipinski definition) is 2. The van der Waals surface area contributed by atoms with Crippen LogP contribution in [0.15, 0.2) is 54.6 Å². The molecule has 4 aromatic rings. The zero-order valence-electron chi connectivity index (χ0n) is 13.2. The van der Waals surface area contributed by atoms with Crippen molar-refractivity contribution in [2.45, 2.75) is 6.92 Å². The minimum atomic E-state index is -0.264. The Bertz CT molecular complexity index is 1060. The Morgan fingerprint density at radius 2 is 1.74 bits per heavy atom. The molecule has 0 fully saturated rings. The molecule has 0 saturated carbocycles. The molecule has 0 aliphatic rings. The van der Waals surface area contributed by atoms with Crippen LogP contribution in [0.3, 0.4) is 0 Å². The Labute approximate surface area is 134 Å². The van der Waals surface area contributed by atoms with E-state index >= 15 is 0 Å². The molecule has 0 radical (unpaired) electrons. The monoisotopic (exact) mass is 303 g/mol. The SMILES string of the molecule is CCOC(=O)c1cc2ccccc2c2c1c1ccccc1n2C. The lowest BCUT2D eigenvalue weighted by Gasteiger charge is -2.08.